The molecule has 242 valence electrons. The van der Waals surface area contributed by atoms with Gasteiger partial charge in [0.1, 0.15) is 11.2 Å². The molecule has 2 aromatic heterocycles. The number of rotatable bonds is 4. The first kappa shape index (κ1) is 28.9. The van der Waals surface area contributed by atoms with Crippen molar-refractivity contribution in [3.05, 3.63) is 188 Å². The van der Waals surface area contributed by atoms with Crippen molar-refractivity contribution < 1.29 is 4.42 Å². The Labute approximate surface area is 300 Å². The molecule has 11 rings (SSSR count). The van der Waals surface area contributed by atoms with Crippen LogP contribution in [0.3, 0.4) is 0 Å². The molecule has 0 fully saturated rings. The summed E-state index contributed by atoms with van der Waals surface area (Å²) in [4.78, 5) is 0. The first-order valence-electron chi connectivity index (χ1n) is 17.8. The molecule has 0 aliphatic rings. The van der Waals surface area contributed by atoms with E-state index in [4.69, 9.17) is 4.42 Å². The Hall–Kier alpha value is -6.90. The number of para-hydroxylation sites is 2. The molecule has 2 heteroatoms. The fourth-order valence-electron chi connectivity index (χ4n) is 8.37. The van der Waals surface area contributed by atoms with E-state index < -0.39 is 0 Å². The van der Waals surface area contributed by atoms with Gasteiger partial charge in [-0.2, -0.15) is 0 Å². The van der Waals surface area contributed by atoms with Crippen molar-refractivity contribution in [1.29, 1.82) is 0 Å². The van der Waals surface area contributed by atoms with Gasteiger partial charge in [-0.15, -0.1) is 0 Å². The highest BCUT2D eigenvalue weighted by Crippen LogP contribution is 2.42. The van der Waals surface area contributed by atoms with Gasteiger partial charge in [0.2, 0.25) is 0 Å². The van der Waals surface area contributed by atoms with Crippen molar-refractivity contribution in [2.24, 2.45) is 0 Å². The Morgan fingerprint density at radius 1 is 0.327 bits per heavy atom. The Bertz CT molecular complexity index is 3180. The molecule has 2 nitrogen and oxygen atoms in total. The zero-order valence-corrected chi connectivity index (χ0v) is 28.3. The molecule has 2 heterocycles. The van der Waals surface area contributed by atoms with Gasteiger partial charge in [-0.25, -0.2) is 0 Å². The van der Waals surface area contributed by atoms with Crippen LogP contribution in [-0.4, -0.2) is 4.57 Å². The summed E-state index contributed by atoms with van der Waals surface area (Å²) >= 11 is 0. The van der Waals surface area contributed by atoms with E-state index in [2.05, 4.69) is 187 Å². The third-order valence-electron chi connectivity index (χ3n) is 10.8. The third-order valence-corrected chi connectivity index (χ3v) is 10.8. The number of benzene rings is 9. The molecule has 11 aromatic rings. The highest BCUT2D eigenvalue weighted by atomic mass is 16.3. The van der Waals surface area contributed by atoms with E-state index in [1.165, 1.54) is 76.7 Å². The second-order valence-corrected chi connectivity index (χ2v) is 13.7. The Kier molecular flexibility index (Phi) is 6.28. The second-order valence-electron chi connectivity index (χ2n) is 13.7. The van der Waals surface area contributed by atoms with Crippen molar-refractivity contribution in [3.8, 4) is 39.1 Å². The van der Waals surface area contributed by atoms with E-state index in [1.807, 2.05) is 6.07 Å². The largest absolute Gasteiger partial charge is 0.456 e. The summed E-state index contributed by atoms with van der Waals surface area (Å²) in [5, 5.41) is 9.75. The van der Waals surface area contributed by atoms with Crippen LogP contribution in [0.1, 0.15) is 0 Å². The maximum Gasteiger partial charge on any atom is 0.137 e. The summed E-state index contributed by atoms with van der Waals surface area (Å²) in [6.45, 7) is 0. The number of hydrogen-bond donors (Lipinski definition) is 0. The Morgan fingerprint density at radius 3 is 1.87 bits per heavy atom. The summed E-state index contributed by atoms with van der Waals surface area (Å²) in [6, 6.07) is 68.1. The Balaban J connectivity index is 1.11. The first-order valence-corrected chi connectivity index (χ1v) is 17.8. The summed E-state index contributed by atoms with van der Waals surface area (Å²) in [6.07, 6.45) is 0. The third kappa shape index (κ3) is 4.38. The van der Waals surface area contributed by atoms with Crippen LogP contribution in [0.25, 0.3) is 104 Å². The molecule has 0 N–H and O–H groups in total. The van der Waals surface area contributed by atoms with Gasteiger partial charge in [0.25, 0.3) is 0 Å². The lowest BCUT2D eigenvalue weighted by atomic mass is 9.90. The minimum Gasteiger partial charge on any atom is -0.456 e. The minimum absolute atomic E-state index is 0.899. The van der Waals surface area contributed by atoms with Crippen LogP contribution in [0.5, 0.6) is 0 Å². The summed E-state index contributed by atoms with van der Waals surface area (Å²) in [5.74, 6) is 0. The first-order chi connectivity index (χ1) is 25.8. The molecule has 0 bridgehead atoms. The van der Waals surface area contributed by atoms with Crippen molar-refractivity contribution in [2.75, 3.05) is 0 Å². The molecule has 0 spiro atoms. The maximum atomic E-state index is 6.31. The summed E-state index contributed by atoms with van der Waals surface area (Å²) in [5.41, 5.74) is 12.6. The van der Waals surface area contributed by atoms with E-state index in [0.29, 0.717) is 0 Å². The van der Waals surface area contributed by atoms with Gasteiger partial charge < -0.3 is 8.98 Å². The fourth-order valence-corrected chi connectivity index (χ4v) is 8.37. The second kappa shape index (κ2) is 11.3. The lowest BCUT2D eigenvalue weighted by Gasteiger charge is -2.14. The molecule has 0 unspecified atom stereocenters. The van der Waals surface area contributed by atoms with Gasteiger partial charge in [-0.1, -0.05) is 133 Å². The number of fused-ring (bicyclic) bond motifs is 9. The van der Waals surface area contributed by atoms with Crippen LogP contribution in [0.2, 0.25) is 0 Å². The lowest BCUT2D eigenvalue weighted by Crippen LogP contribution is -1.94. The quantitative estimate of drug-likeness (QED) is 0.172. The van der Waals surface area contributed by atoms with Crippen LogP contribution < -0.4 is 0 Å². The fraction of sp³-hybridized carbons (Fsp3) is 0. The van der Waals surface area contributed by atoms with Gasteiger partial charge in [-0.3, -0.25) is 0 Å². The van der Waals surface area contributed by atoms with Crippen LogP contribution in [0.4, 0.5) is 0 Å². The molecule has 0 saturated carbocycles. The molecule has 0 atom stereocenters. The van der Waals surface area contributed by atoms with Gasteiger partial charge in [0.05, 0.1) is 22.1 Å². The number of hydrogen-bond acceptors (Lipinski definition) is 1. The van der Waals surface area contributed by atoms with E-state index in [1.54, 1.807) is 0 Å². The number of nitrogens with zero attached hydrogens (tertiary/aromatic N) is 1. The van der Waals surface area contributed by atoms with Crippen molar-refractivity contribution in [1.82, 2.24) is 4.57 Å². The SMILES string of the molecule is c1ccc(-c2cccc(-c3cc4ccccc4c4cc(-c5ccc6c(c5)c5ccccc5n6-c5cccc6oc7ccccc7c56)ccc34)c2)cc1. The summed E-state index contributed by atoms with van der Waals surface area (Å²) in [7, 11) is 0. The number of aromatic nitrogens is 1. The smallest absolute Gasteiger partial charge is 0.137 e. The van der Waals surface area contributed by atoms with Crippen LogP contribution in [0, 0.1) is 0 Å². The highest BCUT2D eigenvalue weighted by molar-refractivity contribution is 6.17. The Morgan fingerprint density at radius 2 is 0.962 bits per heavy atom. The molecule has 0 amide bonds. The van der Waals surface area contributed by atoms with E-state index in [9.17, 15) is 0 Å². The average Bonchev–Trinajstić information content (AvgIpc) is 3.76. The molecule has 0 saturated heterocycles. The predicted molar refractivity (Wildman–Crippen MR) is 219 cm³/mol. The van der Waals surface area contributed by atoms with Gasteiger partial charge in [0.15, 0.2) is 0 Å². The molecule has 52 heavy (non-hydrogen) atoms. The van der Waals surface area contributed by atoms with Crippen molar-refractivity contribution >= 4 is 65.3 Å². The molecule has 0 aliphatic carbocycles. The number of furan rings is 1. The maximum absolute atomic E-state index is 6.31. The van der Waals surface area contributed by atoms with Gasteiger partial charge in [0, 0.05) is 16.2 Å². The topological polar surface area (TPSA) is 18.1 Å². The average molecular weight is 662 g/mol. The molecular formula is C50H31NO. The standard InChI is InChI=1S/C50H31NO/c1-2-12-32(13-3-1)33-15-10-16-36(28-33)42-31-37-14-4-5-17-38(37)43-29-34(24-26-39(42)43)35-25-27-46-44(30-35)40-18-6-8-20-45(40)51(46)47-21-11-23-49-50(47)41-19-7-9-22-48(41)52-49/h1-31H. The van der Waals surface area contributed by atoms with Gasteiger partial charge in [-0.05, 0) is 110 Å². The van der Waals surface area contributed by atoms with Crippen LogP contribution >= 0.6 is 0 Å². The van der Waals surface area contributed by atoms with Crippen molar-refractivity contribution in [2.45, 2.75) is 0 Å². The molecule has 0 radical (unpaired) electrons. The monoisotopic (exact) mass is 661 g/mol. The van der Waals surface area contributed by atoms with E-state index in [-0.39, 0.29) is 0 Å². The van der Waals surface area contributed by atoms with Crippen LogP contribution in [0.15, 0.2) is 192 Å². The summed E-state index contributed by atoms with van der Waals surface area (Å²) < 4.78 is 8.71. The van der Waals surface area contributed by atoms with Gasteiger partial charge >= 0.3 is 0 Å². The molecule has 0 aliphatic heterocycles. The van der Waals surface area contributed by atoms with E-state index >= 15 is 0 Å². The normalized spacial score (nSPS) is 11.8. The molecular weight excluding hydrogens is 631 g/mol. The highest BCUT2D eigenvalue weighted by Gasteiger charge is 2.18. The lowest BCUT2D eigenvalue weighted by molar-refractivity contribution is 0.669. The van der Waals surface area contributed by atoms with Crippen LogP contribution in [-0.2, 0) is 0 Å². The zero-order valence-electron chi connectivity index (χ0n) is 28.3. The predicted octanol–water partition coefficient (Wildman–Crippen LogP) is 14.0. The van der Waals surface area contributed by atoms with E-state index in [0.717, 1.165) is 27.6 Å². The minimum atomic E-state index is 0.899. The zero-order chi connectivity index (χ0) is 34.2. The molecule has 9 aromatic carbocycles. The van der Waals surface area contributed by atoms with Crippen molar-refractivity contribution in [3.63, 3.8) is 0 Å².